The first kappa shape index (κ1) is 16.3. The number of nitrogens with one attached hydrogen (secondary N) is 1. The molecule has 1 N–H and O–H groups in total. The van der Waals surface area contributed by atoms with E-state index in [2.05, 4.69) is 11.4 Å². The lowest BCUT2D eigenvalue weighted by Gasteiger charge is -2.25. The average Bonchev–Trinajstić information content (AvgIpc) is 2.87. The number of anilines is 1. The number of ether oxygens (including phenoxy) is 1. The standard InChI is InChI=1S/C15H19N3O3S/c1-3-4-5-13(19)17-14-11(8-16)10-6-7-18(15(20)21-2)9-12(10)22-14/h3-7,9H2,1-2H3,(H,17,19). The van der Waals surface area contributed by atoms with Gasteiger partial charge in [-0.25, -0.2) is 4.79 Å². The SMILES string of the molecule is CCCCC(=O)Nc1sc2c(c1C#N)CCN(C(=O)OC)C2. The zero-order valence-corrected chi connectivity index (χ0v) is 13.6. The van der Waals surface area contributed by atoms with Crippen molar-refractivity contribution in [3.8, 4) is 6.07 Å². The maximum absolute atomic E-state index is 11.9. The van der Waals surface area contributed by atoms with Crippen LogP contribution in [-0.4, -0.2) is 30.6 Å². The van der Waals surface area contributed by atoms with Crippen molar-refractivity contribution in [3.63, 3.8) is 0 Å². The number of methoxy groups -OCH3 is 1. The fraction of sp³-hybridized carbons (Fsp3) is 0.533. The van der Waals surface area contributed by atoms with Gasteiger partial charge in [0.25, 0.3) is 0 Å². The molecule has 0 fully saturated rings. The molecule has 0 saturated heterocycles. The third kappa shape index (κ3) is 3.39. The lowest BCUT2D eigenvalue weighted by Crippen LogP contribution is -2.35. The third-order valence-corrected chi connectivity index (χ3v) is 4.74. The third-order valence-electron chi connectivity index (χ3n) is 3.61. The van der Waals surface area contributed by atoms with E-state index in [4.69, 9.17) is 4.74 Å². The van der Waals surface area contributed by atoms with Crippen LogP contribution in [0.15, 0.2) is 0 Å². The predicted octanol–water partition coefficient (Wildman–Crippen LogP) is 2.87. The van der Waals surface area contributed by atoms with Gasteiger partial charge in [0.1, 0.15) is 11.1 Å². The Morgan fingerprint density at radius 1 is 1.50 bits per heavy atom. The van der Waals surface area contributed by atoms with Gasteiger partial charge in [-0.2, -0.15) is 5.26 Å². The van der Waals surface area contributed by atoms with E-state index in [0.717, 1.165) is 23.3 Å². The van der Waals surface area contributed by atoms with Crippen LogP contribution in [0.4, 0.5) is 9.80 Å². The topological polar surface area (TPSA) is 82.4 Å². The zero-order valence-electron chi connectivity index (χ0n) is 12.8. The van der Waals surface area contributed by atoms with Gasteiger partial charge in [0.05, 0.1) is 19.2 Å². The molecule has 0 aromatic carbocycles. The Morgan fingerprint density at radius 2 is 2.27 bits per heavy atom. The highest BCUT2D eigenvalue weighted by Gasteiger charge is 2.27. The van der Waals surface area contributed by atoms with Gasteiger partial charge >= 0.3 is 6.09 Å². The molecule has 0 atom stereocenters. The minimum atomic E-state index is -0.369. The molecular formula is C15H19N3O3S. The van der Waals surface area contributed by atoms with Gasteiger partial charge in [0.2, 0.25) is 5.91 Å². The van der Waals surface area contributed by atoms with Crippen LogP contribution in [0.25, 0.3) is 0 Å². The van der Waals surface area contributed by atoms with Gasteiger partial charge in [-0.1, -0.05) is 13.3 Å². The monoisotopic (exact) mass is 321 g/mol. The number of fused-ring (bicyclic) bond motifs is 1. The van der Waals surface area contributed by atoms with Gasteiger partial charge in [-0.3, -0.25) is 4.79 Å². The summed E-state index contributed by atoms with van der Waals surface area (Å²) in [7, 11) is 1.35. The van der Waals surface area contributed by atoms with E-state index in [9.17, 15) is 14.9 Å². The summed E-state index contributed by atoms with van der Waals surface area (Å²) in [4.78, 5) is 26.0. The number of amides is 2. The molecule has 1 aliphatic heterocycles. The molecule has 0 saturated carbocycles. The summed E-state index contributed by atoms with van der Waals surface area (Å²) in [6.45, 7) is 2.97. The molecule has 0 bridgehead atoms. The summed E-state index contributed by atoms with van der Waals surface area (Å²) in [5.41, 5.74) is 1.48. The first-order chi connectivity index (χ1) is 10.6. The number of nitrogens with zero attached hydrogens (tertiary/aromatic N) is 2. The molecule has 7 heteroatoms. The van der Waals surface area contributed by atoms with Gasteiger partial charge in [0.15, 0.2) is 0 Å². The van der Waals surface area contributed by atoms with E-state index in [0.29, 0.717) is 36.5 Å². The second-order valence-corrected chi connectivity index (χ2v) is 6.22. The molecule has 2 rings (SSSR count). The van der Waals surface area contributed by atoms with Gasteiger partial charge in [-0.15, -0.1) is 11.3 Å². The van der Waals surface area contributed by atoms with Gasteiger partial charge < -0.3 is 15.0 Å². The van der Waals surface area contributed by atoms with Crippen molar-refractivity contribution in [2.75, 3.05) is 19.0 Å². The Balaban J connectivity index is 2.18. The van der Waals surface area contributed by atoms with E-state index < -0.39 is 0 Å². The van der Waals surface area contributed by atoms with Crippen molar-refractivity contribution >= 4 is 28.3 Å². The molecular weight excluding hydrogens is 302 g/mol. The van der Waals surface area contributed by atoms with Crippen LogP contribution in [0, 0.1) is 11.3 Å². The van der Waals surface area contributed by atoms with Crippen LogP contribution in [0.5, 0.6) is 0 Å². The minimum absolute atomic E-state index is 0.0678. The second-order valence-electron chi connectivity index (χ2n) is 5.11. The Hall–Kier alpha value is -2.07. The van der Waals surface area contributed by atoms with Crippen LogP contribution in [0.3, 0.4) is 0 Å². The van der Waals surface area contributed by atoms with E-state index in [-0.39, 0.29) is 12.0 Å². The summed E-state index contributed by atoms with van der Waals surface area (Å²) in [6.07, 6.45) is 2.47. The van der Waals surface area contributed by atoms with E-state index in [1.54, 1.807) is 4.90 Å². The van der Waals surface area contributed by atoms with Crippen molar-refractivity contribution in [1.29, 1.82) is 5.26 Å². The molecule has 0 aliphatic carbocycles. The van der Waals surface area contributed by atoms with E-state index in [1.807, 2.05) is 6.92 Å². The Morgan fingerprint density at radius 3 is 2.91 bits per heavy atom. The van der Waals surface area contributed by atoms with Crippen molar-refractivity contribution in [2.45, 2.75) is 39.2 Å². The summed E-state index contributed by atoms with van der Waals surface area (Å²) in [5.74, 6) is -0.0678. The average molecular weight is 321 g/mol. The Kier molecular flexibility index (Phi) is 5.39. The normalized spacial score (nSPS) is 13.2. The number of hydrogen-bond acceptors (Lipinski definition) is 5. The summed E-state index contributed by atoms with van der Waals surface area (Å²) < 4.78 is 4.73. The fourth-order valence-corrected chi connectivity index (χ4v) is 3.65. The van der Waals surface area contributed by atoms with Crippen molar-refractivity contribution < 1.29 is 14.3 Å². The van der Waals surface area contributed by atoms with Crippen LogP contribution in [0.1, 0.15) is 42.2 Å². The molecule has 22 heavy (non-hydrogen) atoms. The van der Waals surface area contributed by atoms with Crippen LogP contribution in [-0.2, 0) is 22.5 Å². The number of unbranched alkanes of at least 4 members (excludes halogenated alkanes) is 1. The number of rotatable bonds is 4. The smallest absolute Gasteiger partial charge is 0.409 e. The summed E-state index contributed by atoms with van der Waals surface area (Å²) in [6, 6.07) is 2.18. The molecule has 1 aliphatic rings. The highest BCUT2D eigenvalue weighted by Crippen LogP contribution is 2.36. The molecule has 2 amide bonds. The quantitative estimate of drug-likeness (QED) is 0.924. The number of carbonyl (C=O) groups is 2. The first-order valence-corrected chi connectivity index (χ1v) is 8.09. The highest BCUT2D eigenvalue weighted by molar-refractivity contribution is 7.16. The Bertz CT molecular complexity index is 618. The lowest BCUT2D eigenvalue weighted by atomic mass is 10.0. The second kappa shape index (κ2) is 7.27. The number of nitriles is 1. The molecule has 6 nitrogen and oxygen atoms in total. The minimum Gasteiger partial charge on any atom is -0.453 e. The number of hydrogen-bond donors (Lipinski definition) is 1. The van der Waals surface area contributed by atoms with Crippen molar-refractivity contribution in [1.82, 2.24) is 4.90 Å². The van der Waals surface area contributed by atoms with Crippen LogP contribution < -0.4 is 5.32 Å². The van der Waals surface area contributed by atoms with Gasteiger partial charge in [-0.05, 0) is 18.4 Å². The van der Waals surface area contributed by atoms with Crippen LogP contribution in [0.2, 0.25) is 0 Å². The molecule has 1 aromatic heterocycles. The maximum Gasteiger partial charge on any atom is 0.409 e. The molecule has 2 heterocycles. The lowest BCUT2D eigenvalue weighted by molar-refractivity contribution is -0.116. The number of thiophene rings is 1. The van der Waals surface area contributed by atoms with Crippen LogP contribution >= 0.6 is 11.3 Å². The summed E-state index contributed by atoms with van der Waals surface area (Å²) in [5, 5.41) is 12.8. The first-order valence-electron chi connectivity index (χ1n) is 7.28. The van der Waals surface area contributed by atoms with Crippen molar-refractivity contribution in [3.05, 3.63) is 16.0 Å². The Labute approximate surface area is 133 Å². The van der Waals surface area contributed by atoms with Gasteiger partial charge in [0, 0.05) is 17.8 Å². The summed E-state index contributed by atoms with van der Waals surface area (Å²) >= 11 is 1.38. The maximum atomic E-state index is 11.9. The molecule has 0 spiro atoms. The molecule has 118 valence electrons. The highest BCUT2D eigenvalue weighted by atomic mass is 32.1. The van der Waals surface area contributed by atoms with Crippen molar-refractivity contribution in [2.24, 2.45) is 0 Å². The number of carbonyl (C=O) groups excluding carboxylic acids is 2. The molecule has 1 aromatic rings. The zero-order chi connectivity index (χ0) is 16.1. The predicted molar refractivity (Wildman–Crippen MR) is 83.7 cm³/mol. The van der Waals surface area contributed by atoms with E-state index >= 15 is 0 Å². The molecule has 0 radical (unpaired) electrons. The largest absolute Gasteiger partial charge is 0.453 e. The van der Waals surface area contributed by atoms with E-state index in [1.165, 1.54) is 18.4 Å². The molecule has 0 unspecified atom stereocenters. The fourth-order valence-electron chi connectivity index (χ4n) is 2.42.